The highest BCUT2D eigenvalue weighted by atomic mass is 16.2. The number of hydrogen-bond acceptors (Lipinski definition) is 4. The number of nitrogens with one attached hydrogen (secondary N) is 1. The zero-order chi connectivity index (χ0) is 15.5. The van der Waals surface area contributed by atoms with Crippen LogP contribution >= 0.6 is 0 Å². The first-order valence-electron chi connectivity index (χ1n) is 7.25. The minimum atomic E-state index is -0.435. The second-order valence-corrected chi connectivity index (χ2v) is 5.16. The van der Waals surface area contributed by atoms with Crippen molar-refractivity contribution in [2.75, 3.05) is 6.54 Å². The van der Waals surface area contributed by atoms with E-state index in [0.717, 1.165) is 19.3 Å². The Kier molecular flexibility index (Phi) is 9.63. The monoisotopic (exact) mass is 284 g/mol. The van der Waals surface area contributed by atoms with Crippen molar-refractivity contribution in [1.82, 2.24) is 5.32 Å². The Morgan fingerprint density at radius 2 is 1.90 bits per heavy atom. The van der Waals surface area contributed by atoms with E-state index in [1.165, 1.54) is 6.92 Å². The lowest BCUT2D eigenvalue weighted by Crippen LogP contribution is -2.40. The molecule has 0 saturated carbocycles. The van der Waals surface area contributed by atoms with E-state index in [0.29, 0.717) is 19.4 Å². The number of carbonyl (C=O) groups excluding carboxylic acids is 2. The maximum Gasteiger partial charge on any atom is 0.229 e. The molecule has 0 rings (SSSR count). The number of rotatable bonds is 9. The van der Waals surface area contributed by atoms with Crippen LogP contribution in [0.1, 0.15) is 52.9 Å². The maximum absolute atomic E-state index is 11.8. The van der Waals surface area contributed by atoms with Gasteiger partial charge in [-0.2, -0.15) is 0 Å². The maximum atomic E-state index is 11.8. The first-order chi connectivity index (χ1) is 9.38. The predicted octanol–water partition coefficient (Wildman–Crippen LogP) is 0.940. The summed E-state index contributed by atoms with van der Waals surface area (Å²) in [6.45, 7) is 5.90. The molecule has 0 aromatic rings. The number of Topliss-reactive ketones (excluding diaryl/α,β-unsaturated/α-hetero) is 1. The van der Waals surface area contributed by atoms with Crippen LogP contribution in [0.4, 0.5) is 0 Å². The lowest BCUT2D eigenvalue weighted by Gasteiger charge is -2.11. The molecular formula is C14H28N4O2. The fourth-order valence-electron chi connectivity index (χ4n) is 1.64. The first kappa shape index (κ1) is 18.6. The van der Waals surface area contributed by atoms with Gasteiger partial charge in [0.2, 0.25) is 5.91 Å². The summed E-state index contributed by atoms with van der Waals surface area (Å²) in [6, 6.07) is -0.435. The van der Waals surface area contributed by atoms with Gasteiger partial charge < -0.3 is 11.5 Å². The molecule has 0 aromatic heterocycles. The number of ketones is 1. The van der Waals surface area contributed by atoms with Crippen molar-refractivity contribution >= 4 is 17.6 Å². The van der Waals surface area contributed by atoms with Gasteiger partial charge in [0, 0.05) is 12.5 Å². The van der Waals surface area contributed by atoms with Gasteiger partial charge in [-0.3, -0.25) is 19.9 Å². The summed E-state index contributed by atoms with van der Waals surface area (Å²) in [7, 11) is 0. The summed E-state index contributed by atoms with van der Waals surface area (Å²) < 4.78 is 0. The average Bonchev–Trinajstić information content (AvgIpc) is 2.40. The van der Waals surface area contributed by atoms with Crippen LogP contribution in [0.3, 0.4) is 0 Å². The van der Waals surface area contributed by atoms with Gasteiger partial charge >= 0.3 is 0 Å². The minimum absolute atomic E-state index is 0.0278. The molecule has 0 heterocycles. The number of guanidine groups is 1. The third kappa shape index (κ3) is 8.63. The lowest BCUT2D eigenvalue weighted by molar-refractivity contribution is -0.123. The van der Waals surface area contributed by atoms with E-state index in [4.69, 9.17) is 11.5 Å². The van der Waals surface area contributed by atoms with E-state index in [2.05, 4.69) is 17.2 Å². The zero-order valence-electron chi connectivity index (χ0n) is 12.8. The molecular weight excluding hydrogens is 256 g/mol. The Morgan fingerprint density at radius 1 is 1.25 bits per heavy atom. The number of hydrogen-bond donors (Lipinski definition) is 3. The molecule has 0 aliphatic rings. The molecule has 0 saturated heterocycles. The largest absolute Gasteiger partial charge is 0.370 e. The van der Waals surface area contributed by atoms with Crippen LogP contribution in [0, 0.1) is 5.92 Å². The van der Waals surface area contributed by atoms with E-state index in [1.807, 2.05) is 6.92 Å². The van der Waals surface area contributed by atoms with Gasteiger partial charge in [-0.25, -0.2) is 0 Å². The molecule has 20 heavy (non-hydrogen) atoms. The zero-order valence-corrected chi connectivity index (χ0v) is 12.8. The van der Waals surface area contributed by atoms with Gasteiger partial charge in [0.25, 0.3) is 0 Å². The second kappa shape index (κ2) is 10.4. The molecule has 6 heteroatoms. The average molecular weight is 284 g/mol. The number of nitrogens with zero attached hydrogens (tertiary/aromatic N) is 1. The van der Waals surface area contributed by atoms with Crippen molar-refractivity contribution in [1.29, 1.82) is 0 Å². The Hall–Kier alpha value is -1.43. The molecule has 2 atom stereocenters. The summed E-state index contributed by atoms with van der Waals surface area (Å²) in [6.07, 6.45) is 4.19. The van der Waals surface area contributed by atoms with Crippen LogP contribution < -0.4 is 16.8 Å². The molecule has 1 amide bonds. The number of nitrogens with two attached hydrogens (primary N) is 2. The molecule has 5 N–H and O–H groups in total. The second-order valence-electron chi connectivity index (χ2n) is 5.16. The molecule has 0 aliphatic heterocycles. The molecule has 0 bridgehead atoms. The van der Waals surface area contributed by atoms with Gasteiger partial charge in [-0.15, -0.1) is 0 Å². The number of unbranched alkanes of at least 4 members (excludes halogenated alkanes) is 1. The van der Waals surface area contributed by atoms with Crippen LogP contribution in [0.2, 0.25) is 0 Å². The molecule has 0 spiro atoms. The highest BCUT2D eigenvalue weighted by molar-refractivity contribution is 5.96. The summed E-state index contributed by atoms with van der Waals surface area (Å²) in [4.78, 5) is 26.7. The van der Waals surface area contributed by atoms with Crippen molar-refractivity contribution in [2.45, 2.75) is 58.9 Å². The molecule has 116 valence electrons. The summed E-state index contributed by atoms with van der Waals surface area (Å²) in [5, 5.41) is 2.59. The van der Waals surface area contributed by atoms with E-state index >= 15 is 0 Å². The number of carbonyl (C=O) groups is 2. The minimum Gasteiger partial charge on any atom is -0.370 e. The Labute approximate surface area is 121 Å². The number of amides is 1. The third-order valence-electron chi connectivity index (χ3n) is 3.17. The lowest BCUT2D eigenvalue weighted by atomic mass is 10.0. The van der Waals surface area contributed by atoms with Crippen LogP contribution in [0.25, 0.3) is 0 Å². The molecule has 0 aliphatic carbocycles. The van der Waals surface area contributed by atoms with Crippen molar-refractivity contribution in [3.8, 4) is 0 Å². The van der Waals surface area contributed by atoms with Gasteiger partial charge in [0.05, 0.1) is 6.04 Å². The van der Waals surface area contributed by atoms with Gasteiger partial charge in [-0.05, 0) is 26.2 Å². The summed E-state index contributed by atoms with van der Waals surface area (Å²) in [5.74, 6) is -0.0512. The predicted molar refractivity (Wildman–Crippen MR) is 81.2 cm³/mol. The SMILES string of the molecule is CCCCC(C)C(=O)NC(N)=NCCCC(N)C(C)=O. The quantitative estimate of drug-likeness (QED) is 0.332. The van der Waals surface area contributed by atoms with Crippen LogP contribution in [0.15, 0.2) is 4.99 Å². The summed E-state index contributed by atoms with van der Waals surface area (Å²) >= 11 is 0. The van der Waals surface area contributed by atoms with Gasteiger partial charge in [0.1, 0.15) is 5.78 Å². The fraction of sp³-hybridized carbons (Fsp3) is 0.786. The fourth-order valence-corrected chi connectivity index (χ4v) is 1.64. The van der Waals surface area contributed by atoms with E-state index in [-0.39, 0.29) is 23.6 Å². The Balaban J connectivity index is 3.95. The van der Waals surface area contributed by atoms with Crippen molar-refractivity contribution < 1.29 is 9.59 Å². The van der Waals surface area contributed by atoms with E-state index in [9.17, 15) is 9.59 Å². The van der Waals surface area contributed by atoms with Crippen molar-refractivity contribution in [3.05, 3.63) is 0 Å². The van der Waals surface area contributed by atoms with Gasteiger partial charge in [0.15, 0.2) is 5.96 Å². The normalized spacial score (nSPS) is 14.7. The molecule has 6 nitrogen and oxygen atoms in total. The van der Waals surface area contributed by atoms with E-state index < -0.39 is 6.04 Å². The highest BCUT2D eigenvalue weighted by Gasteiger charge is 2.12. The Morgan fingerprint density at radius 3 is 2.45 bits per heavy atom. The smallest absolute Gasteiger partial charge is 0.229 e. The third-order valence-corrected chi connectivity index (χ3v) is 3.17. The van der Waals surface area contributed by atoms with Crippen LogP contribution in [-0.2, 0) is 9.59 Å². The van der Waals surface area contributed by atoms with Gasteiger partial charge in [-0.1, -0.05) is 26.7 Å². The number of aliphatic imine (C=N–C) groups is 1. The summed E-state index contributed by atoms with van der Waals surface area (Å²) in [5.41, 5.74) is 11.2. The van der Waals surface area contributed by atoms with Crippen molar-refractivity contribution in [2.24, 2.45) is 22.4 Å². The molecule has 0 radical (unpaired) electrons. The van der Waals surface area contributed by atoms with E-state index in [1.54, 1.807) is 0 Å². The molecule has 0 aromatic carbocycles. The Bertz CT molecular complexity index is 342. The highest BCUT2D eigenvalue weighted by Crippen LogP contribution is 2.07. The van der Waals surface area contributed by atoms with Crippen LogP contribution in [0.5, 0.6) is 0 Å². The van der Waals surface area contributed by atoms with Crippen LogP contribution in [-0.4, -0.2) is 30.2 Å². The topological polar surface area (TPSA) is 111 Å². The first-order valence-corrected chi connectivity index (χ1v) is 7.25. The molecule has 0 fully saturated rings. The molecule has 2 unspecified atom stereocenters. The van der Waals surface area contributed by atoms with Crippen molar-refractivity contribution in [3.63, 3.8) is 0 Å². The standard InChI is InChI=1S/C14H28N4O2/c1-4-5-7-10(2)13(20)18-14(16)17-9-6-8-12(15)11(3)19/h10,12H,4-9,15H2,1-3H3,(H3,16,17,18,20).